The van der Waals surface area contributed by atoms with E-state index in [1.807, 2.05) is 48.5 Å². The monoisotopic (exact) mass is 568 g/mol. The Kier molecular flexibility index (Phi) is 10.7. The van der Waals surface area contributed by atoms with Crippen molar-refractivity contribution in [3.8, 4) is 22.9 Å². The largest absolute Gasteiger partial charge is 0.492 e. The van der Waals surface area contributed by atoms with Crippen LogP contribution in [0.4, 0.5) is 0 Å². The number of carbonyl (C=O) groups is 1. The van der Waals surface area contributed by atoms with Gasteiger partial charge in [-0.05, 0) is 40.8 Å². The third-order valence-corrected chi connectivity index (χ3v) is 7.19. The molecule has 0 aromatic heterocycles. The fourth-order valence-corrected chi connectivity index (χ4v) is 4.75. The number of rotatable bonds is 13. The number of aliphatic carboxylic acids is 1. The van der Waals surface area contributed by atoms with Gasteiger partial charge >= 0.3 is 5.97 Å². The third kappa shape index (κ3) is 8.67. The maximum Gasteiger partial charge on any atom is 0.323 e. The summed E-state index contributed by atoms with van der Waals surface area (Å²) in [5.74, 6) is -0.877. The minimum atomic E-state index is -3.13. The van der Waals surface area contributed by atoms with Crippen LogP contribution in [-0.2, 0) is 21.2 Å². The molecule has 8 nitrogen and oxygen atoms in total. The normalized spacial score (nSPS) is 12.3. The highest BCUT2D eigenvalue weighted by molar-refractivity contribution is 7.90. The van der Waals surface area contributed by atoms with Crippen molar-refractivity contribution in [2.75, 3.05) is 25.2 Å². The summed E-state index contributed by atoms with van der Waals surface area (Å²) >= 11 is 6.43. The average molecular weight is 569 g/mol. The molecule has 0 radical (unpaired) electrons. The maximum absolute atomic E-state index is 11.4. The average Bonchev–Trinajstić information content (AvgIpc) is 2.91. The lowest BCUT2D eigenvalue weighted by Gasteiger charge is -2.16. The zero-order valence-electron chi connectivity index (χ0n) is 21.3. The number of carboxylic acid groups (broad SMARTS) is 1. The van der Waals surface area contributed by atoms with Crippen LogP contribution in [0, 0.1) is 11.3 Å². The Morgan fingerprint density at radius 1 is 1.13 bits per heavy atom. The molecule has 0 bridgehead atoms. The molecule has 3 aromatic rings. The van der Waals surface area contributed by atoms with Crippen LogP contribution in [0.25, 0.3) is 23.3 Å². The molecule has 0 amide bonds. The van der Waals surface area contributed by atoms with Crippen LogP contribution < -0.4 is 10.1 Å². The number of nitrogens with zero attached hydrogens (tertiary/aromatic N) is 1. The number of aliphatic hydroxyl groups excluding tert-OH is 1. The van der Waals surface area contributed by atoms with Gasteiger partial charge in [0.25, 0.3) is 0 Å². The smallest absolute Gasteiger partial charge is 0.323 e. The number of benzene rings is 3. The second kappa shape index (κ2) is 13.9. The van der Waals surface area contributed by atoms with Gasteiger partial charge in [-0.3, -0.25) is 10.1 Å². The van der Waals surface area contributed by atoms with Crippen molar-refractivity contribution < 1.29 is 28.2 Å². The molecule has 0 heterocycles. The molecule has 0 aliphatic rings. The van der Waals surface area contributed by atoms with Gasteiger partial charge in [-0.2, -0.15) is 5.26 Å². The number of nitriles is 1. The Balaban J connectivity index is 1.96. The van der Waals surface area contributed by atoms with Gasteiger partial charge < -0.3 is 14.9 Å². The summed E-state index contributed by atoms with van der Waals surface area (Å²) in [5.41, 5.74) is 4.16. The van der Waals surface area contributed by atoms with Crippen molar-refractivity contribution in [3.05, 3.63) is 87.9 Å². The van der Waals surface area contributed by atoms with E-state index in [1.165, 1.54) is 0 Å². The van der Waals surface area contributed by atoms with E-state index < -0.39 is 28.5 Å². The van der Waals surface area contributed by atoms with Crippen molar-refractivity contribution in [2.24, 2.45) is 0 Å². The summed E-state index contributed by atoms with van der Waals surface area (Å²) in [5, 5.41) is 31.6. The molecular weight excluding hydrogens is 540 g/mol. The minimum Gasteiger partial charge on any atom is -0.492 e. The lowest BCUT2D eigenvalue weighted by molar-refractivity contribution is -0.140. The zero-order chi connectivity index (χ0) is 28.4. The third-order valence-electron chi connectivity index (χ3n) is 5.87. The highest BCUT2D eigenvalue weighted by Crippen LogP contribution is 2.31. The summed E-state index contributed by atoms with van der Waals surface area (Å²) < 4.78 is 28.6. The molecule has 0 unspecified atom stereocenters. The van der Waals surface area contributed by atoms with Crippen molar-refractivity contribution in [3.63, 3.8) is 0 Å². The van der Waals surface area contributed by atoms with Gasteiger partial charge in [0.1, 0.15) is 27.7 Å². The second-order valence-corrected chi connectivity index (χ2v) is 11.5. The Bertz CT molecular complexity index is 1480. The van der Waals surface area contributed by atoms with Gasteiger partial charge in [0, 0.05) is 18.4 Å². The molecule has 204 valence electrons. The van der Waals surface area contributed by atoms with Crippen LogP contribution in [-0.4, -0.2) is 55.9 Å². The highest BCUT2D eigenvalue weighted by Gasteiger charge is 2.17. The predicted molar refractivity (Wildman–Crippen MR) is 152 cm³/mol. The van der Waals surface area contributed by atoms with Crippen molar-refractivity contribution in [1.82, 2.24) is 5.32 Å². The first kappa shape index (κ1) is 29.9. The quantitative estimate of drug-likeness (QED) is 0.204. The number of hydrogen-bond donors (Lipinski definition) is 3. The lowest BCUT2D eigenvalue weighted by atomic mass is 9.95. The topological polar surface area (TPSA) is 137 Å². The lowest BCUT2D eigenvalue weighted by Crippen LogP contribution is -2.39. The van der Waals surface area contributed by atoms with Crippen LogP contribution in [0.3, 0.4) is 0 Å². The first-order valence-corrected chi connectivity index (χ1v) is 14.5. The molecule has 3 rings (SSSR count). The van der Waals surface area contributed by atoms with Crippen LogP contribution in [0.5, 0.6) is 5.75 Å². The Morgan fingerprint density at radius 3 is 2.49 bits per heavy atom. The van der Waals surface area contributed by atoms with Crippen LogP contribution in [0.15, 0.2) is 60.7 Å². The minimum absolute atomic E-state index is 0.0220. The number of ether oxygens (including phenoxy) is 1. The van der Waals surface area contributed by atoms with E-state index in [0.717, 1.165) is 17.4 Å². The van der Waals surface area contributed by atoms with Crippen molar-refractivity contribution in [2.45, 2.75) is 19.0 Å². The molecule has 3 N–H and O–H groups in total. The van der Waals surface area contributed by atoms with E-state index in [-0.39, 0.29) is 30.3 Å². The molecule has 0 saturated carbocycles. The summed E-state index contributed by atoms with van der Waals surface area (Å²) in [6.07, 6.45) is 5.00. The number of aliphatic hydroxyl groups is 1. The Hall–Kier alpha value is -3.68. The second-order valence-electron chi connectivity index (χ2n) is 8.85. The molecule has 0 saturated heterocycles. The number of halogens is 1. The molecule has 0 fully saturated rings. The van der Waals surface area contributed by atoms with Crippen LogP contribution >= 0.6 is 11.6 Å². The number of nitrogens with one attached hydrogen (secondary N) is 1. The zero-order valence-corrected chi connectivity index (χ0v) is 22.9. The molecule has 0 aliphatic carbocycles. The summed E-state index contributed by atoms with van der Waals surface area (Å²) in [6.45, 7) is -0.370. The van der Waals surface area contributed by atoms with E-state index in [9.17, 15) is 28.7 Å². The highest BCUT2D eigenvalue weighted by atomic mass is 35.5. The number of sulfone groups is 1. The molecule has 10 heteroatoms. The van der Waals surface area contributed by atoms with E-state index in [1.54, 1.807) is 24.3 Å². The number of hydrogen-bond acceptors (Lipinski definition) is 7. The molecule has 0 spiro atoms. The first-order chi connectivity index (χ1) is 18.6. The molecule has 39 heavy (non-hydrogen) atoms. The Morgan fingerprint density at radius 2 is 1.85 bits per heavy atom. The van der Waals surface area contributed by atoms with Crippen LogP contribution in [0.1, 0.15) is 28.7 Å². The van der Waals surface area contributed by atoms with Gasteiger partial charge in [0.15, 0.2) is 0 Å². The summed E-state index contributed by atoms with van der Waals surface area (Å²) in [7, 11) is -3.13. The SMILES string of the molecule is CS(=O)(=O)CCCOc1cc(/C=C/c2cccc(-c3ccccc3)c2C#N)c(CN[C@@H](CO)C(=O)O)cc1Cl. The van der Waals surface area contributed by atoms with Gasteiger partial charge in [-0.1, -0.05) is 72.3 Å². The molecule has 3 aromatic carbocycles. The molecule has 1 atom stereocenters. The van der Waals surface area contributed by atoms with Crippen molar-refractivity contribution >= 4 is 39.6 Å². The van der Waals surface area contributed by atoms with Gasteiger partial charge in [-0.15, -0.1) is 0 Å². The maximum atomic E-state index is 11.4. The summed E-state index contributed by atoms with van der Waals surface area (Å²) in [6, 6.07) is 19.6. The first-order valence-electron chi connectivity index (χ1n) is 12.1. The molecule has 0 aliphatic heterocycles. The van der Waals surface area contributed by atoms with Crippen LogP contribution in [0.2, 0.25) is 5.02 Å². The fourth-order valence-electron chi connectivity index (χ4n) is 3.87. The van der Waals surface area contributed by atoms with Gasteiger partial charge in [-0.25, -0.2) is 8.42 Å². The predicted octanol–water partition coefficient (Wildman–Crippen LogP) is 4.40. The van der Waals surface area contributed by atoms with Gasteiger partial charge in [0.05, 0.1) is 29.6 Å². The van der Waals surface area contributed by atoms with Gasteiger partial charge in [0.2, 0.25) is 0 Å². The molecular formula is C29H29ClN2O6S. The van der Waals surface area contributed by atoms with E-state index in [0.29, 0.717) is 28.0 Å². The van der Waals surface area contributed by atoms with Crippen molar-refractivity contribution in [1.29, 1.82) is 5.26 Å². The van der Waals surface area contributed by atoms with E-state index in [2.05, 4.69) is 11.4 Å². The van der Waals surface area contributed by atoms with E-state index >= 15 is 0 Å². The van der Waals surface area contributed by atoms with E-state index in [4.69, 9.17) is 16.3 Å². The standard InChI is InChI=1S/C29H29ClN2O6S/c1-39(36,37)14-6-13-38-28-16-22(23(15-26(28)30)18-32-27(19-33)29(34)35)12-11-21-9-5-10-24(25(21)17-31)20-7-3-2-4-8-20/h2-5,7-12,15-16,27,32-33H,6,13-14,18-19H2,1H3,(H,34,35)/b12-11+/t27-/m0/s1. The fraction of sp³-hybridized carbons (Fsp3) is 0.241. The Labute approximate surface area is 233 Å². The summed E-state index contributed by atoms with van der Waals surface area (Å²) in [4.78, 5) is 11.3. The number of carboxylic acids is 1.